The summed E-state index contributed by atoms with van der Waals surface area (Å²) in [5.41, 5.74) is 0. The lowest BCUT2D eigenvalue weighted by molar-refractivity contribution is 0.202. The molecule has 1 aliphatic carbocycles. The van der Waals surface area contributed by atoms with Crippen LogP contribution >= 0.6 is 0 Å². The maximum Gasteiger partial charge on any atom is 0.317 e. The second-order valence-corrected chi connectivity index (χ2v) is 7.08. The van der Waals surface area contributed by atoms with Gasteiger partial charge in [0.25, 0.3) is 0 Å². The Morgan fingerprint density at radius 2 is 2.17 bits per heavy atom. The van der Waals surface area contributed by atoms with Gasteiger partial charge in [0.2, 0.25) is 0 Å². The first-order valence-electron chi connectivity index (χ1n) is 8.82. The topological polar surface area (TPSA) is 53.4 Å². The van der Waals surface area contributed by atoms with E-state index in [4.69, 9.17) is 0 Å². The monoisotopic (exact) mass is 319 g/mol. The summed E-state index contributed by atoms with van der Waals surface area (Å²) in [5, 5.41) is 3.09. The molecule has 1 aromatic rings. The number of likely N-dealkylation sites (tertiary alicyclic amines) is 1. The molecule has 2 aliphatic rings. The van der Waals surface area contributed by atoms with E-state index in [1.165, 1.54) is 38.6 Å². The Balaban J connectivity index is 1.39. The molecule has 1 saturated heterocycles. The normalized spacial score (nSPS) is 22.6. The molecule has 6 nitrogen and oxygen atoms in total. The number of nitrogens with one attached hydrogen (secondary N) is 1. The van der Waals surface area contributed by atoms with Gasteiger partial charge in [-0.2, -0.15) is 0 Å². The molecule has 128 valence electrons. The number of imidazole rings is 1. The van der Waals surface area contributed by atoms with Crippen LogP contribution in [0.2, 0.25) is 0 Å². The maximum absolute atomic E-state index is 12.2. The molecule has 6 heteroatoms. The molecular weight excluding hydrogens is 290 g/mol. The van der Waals surface area contributed by atoms with E-state index in [1.807, 2.05) is 24.9 Å². The van der Waals surface area contributed by atoms with Crippen LogP contribution in [-0.4, -0.2) is 58.1 Å². The van der Waals surface area contributed by atoms with Crippen molar-refractivity contribution in [2.75, 3.05) is 26.7 Å². The van der Waals surface area contributed by atoms with Crippen LogP contribution in [0.4, 0.5) is 4.79 Å². The highest BCUT2D eigenvalue weighted by Gasteiger charge is 2.30. The molecule has 0 radical (unpaired) electrons. The van der Waals surface area contributed by atoms with E-state index in [-0.39, 0.29) is 6.03 Å². The molecule has 1 atom stereocenters. The predicted octanol–water partition coefficient (Wildman–Crippen LogP) is 1.83. The van der Waals surface area contributed by atoms with Gasteiger partial charge in [-0.1, -0.05) is 12.8 Å². The second-order valence-electron chi connectivity index (χ2n) is 7.08. The van der Waals surface area contributed by atoms with Crippen LogP contribution in [0.15, 0.2) is 12.4 Å². The van der Waals surface area contributed by atoms with Crippen LogP contribution in [-0.2, 0) is 13.6 Å². The van der Waals surface area contributed by atoms with Crippen molar-refractivity contribution in [3.8, 4) is 0 Å². The summed E-state index contributed by atoms with van der Waals surface area (Å²) in [7, 11) is 3.77. The fraction of sp³-hybridized carbons (Fsp3) is 0.765. The van der Waals surface area contributed by atoms with E-state index >= 15 is 0 Å². The van der Waals surface area contributed by atoms with Gasteiger partial charge in [0.1, 0.15) is 5.82 Å². The first kappa shape index (κ1) is 16.3. The summed E-state index contributed by atoms with van der Waals surface area (Å²) >= 11 is 0. The minimum atomic E-state index is -0.00711. The third-order valence-corrected chi connectivity index (χ3v) is 5.35. The van der Waals surface area contributed by atoms with E-state index < -0.39 is 0 Å². The minimum Gasteiger partial charge on any atom is -0.338 e. The second kappa shape index (κ2) is 7.34. The average molecular weight is 319 g/mol. The summed E-state index contributed by atoms with van der Waals surface area (Å²) in [6, 6.07) is 0.800. The van der Waals surface area contributed by atoms with Gasteiger partial charge in [-0.05, 0) is 31.7 Å². The Kier molecular flexibility index (Phi) is 5.20. The Bertz CT molecular complexity index is 523. The van der Waals surface area contributed by atoms with Crippen molar-refractivity contribution in [2.45, 2.75) is 44.7 Å². The van der Waals surface area contributed by atoms with Crippen molar-refractivity contribution in [3.05, 3.63) is 18.2 Å². The molecule has 2 fully saturated rings. The van der Waals surface area contributed by atoms with Crippen LogP contribution in [0, 0.1) is 5.92 Å². The van der Waals surface area contributed by atoms with Crippen LogP contribution in [0.25, 0.3) is 0 Å². The van der Waals surface area contributed by atoms with Gasteiger partial charge >= 0.3 is 6.03 Å². The molecule has 23 heavy (non-hydrogen) atoms. The zero-order valence-electron chi connectivity index (χ0n) is 14.4. The Labute approximate surface area is 138 Å². The zero-order chi connectivity index (χ0) is 16.2. The molecule has 1 aromatic heterocycles. The van der Waals surface area contributed by atoms with E-state index in [9.17, 15) is 4.79 Å². The highest BCUT2D eigenvalue weighted by Crippen LogP contribution is 2.28. The first-order valence-corrected chi connectivity index (χ1v) is 8.82. The van der Waals surface area contributed by atoms with Crippen molar-refractivity contribution in [3.63, 3.8) is 0 Å². The number of hydrogen-bond donors (Lipinski definition) is 1. The number of rotatable bonds is 5. The highest BCUT2D eigenvalue weighted by molar-refractivity contribution is 5.73. The van der Waals surface area contributed by atoms with Gasteiger partial charge in [0.15, 0.2) is 0 Å². The van der Waals surface area contributed by atoms with Gasteiger partial charge in [0.05, 0.1) is 6.54 Å². The first-order chi connectivity index (χ1) is 11.1. The van der Waals surface area contributed by atoms with Crippen LogP contribution in [0.5, 0.6) is 0 Å². The van der Waals surface area contributed by atoms with Gasteiger partial charge in [-0.25, -0.2) is 9.78 Å². The molecule has 3 rings (SSSR count). The van der Waals surface area contributed by atoms with E-state index in [2.05, 4.69) is 15.2 Å². The van der Waals surface area contributed by atoms with Gasteiger partial charge in [-0.3, -0.25) is 0 Å². The third-order valence-electron chi connectivity index (χ3n) is 5.35. The molecule has 2 amide bonds. The molecule has 0 aromatic carbocycles. The van der Waals surface area contributed by atoms with Crippen molar-refractivity contribution in [1.29, 1.82) is 0 Å². The summed E-state index contributed by atoms with van der Waals surface area (Å²) in [5.74, 6) is 1.50. The van der Waals surface area contributed by atoms with Gasteiger partial charge in [0, 0.05) is 45.6 Å². The lowest BCUT2D eigenvalue weighted by atomic mass is 10.1. The maximum atomic E-state index is 12.2. The Hall–Kier alpha value is -1.56. The summed E-state index contributed by atoms with van der Waals surface area (Å²) in [6.07, 6.45) is 10.4. The molecule has 0 spiro atoms. The average Bonchev–Trinajstić information content (AvgIpc) is 3.26. The van der Waals surface area contributed by atoms with Gasteiger partial charge < -0.3 is 19.7 Å². The lowest BCUT2D eigenvalue weighted by Crippen LogP contribution is -2.40. The molecule has 1 aliphatic heterocycles. The number of nitrogens with zero attached hydrogens (tertiary/aromatic N) is 4. The SMILES string of the molecule is CN(Cc1nccn1C)C(=O)NCC1CCN(C2CCCC2)C1. The van der Waals surface area contributed by atoms with Crippen LogP contribution < -0.4 is 5.32 Å². The van der Waals surface area contributed by atoms with Gasteiger partial charge in [-0.15, -0.1) is 0 Å². The smallest absolute Gasteiger partial charge is 0.317 e. The highest BCUT2D eigenvalue weighted by atomic mass is 16.2. The number of amides is 2. The van der Waals surface area contributed by atoms with E-state index in [1.54, 1.807) is 11.1 Å². The van der Waals surface area contributed by atoms with Crippen molar-refractivity contribution < 1.29 is 4.79 Å². The molecule has 1 saturated carbocycles. The standard InChI is InChI=1S/C17H29N5O/c1-20-10-8-18-16(20)13-21(2)17(23)19-11-14-7-9-22(12-14)15-5-3-4-6-15/h8,10,14-15H,3-7,9,11-13H2,1-2H3,(H,19,23). The van der Waals surface area contributed by atoms with Crippen LogP contribution in [0.3, 0.4) is 0 Å². The lowest BCUT2D eigenvalue weighted by Gasteiger charge is -2.24. The summed E-state index contributed by atoms with van der Waals surface area (Å²) < 4.78 is 1.94. The largest absolute Gasteiger partial charge is 0.338 e. The molecule has 2 heterocycles. The third kappa shape index (κ3) is 4.05. The van der Waals surface area contributed by atoms with Crippen molar-refractivity contribution in [1.82, 2.24) is 24.7 Å². The Morgan fingerprint density at radius 3 is 2.87 bits per heavy atom. The number of carbonyl (C=O) groups excluding carboxylic acids is 1. The number of urea groups is 1. The van der Waals surface area contributed by atoms with Crippen molar-refractivity contribution in [2.24, 2.45) is 13.0 Å². The molecule has 1 unspecified atom stereocenters. The number of aryl methyl sites for hydroxylation is 1. The zero-order valence-corrected chi connectivity index (χ0v) is 14.4. The molecule has 1 N–H and O–H groups in total. The van der Waals surface area contributed by atoms with Crippen molar-refractivity contribution >= 4 is 6.03 Å². The quantitative estimate of drug-likeness (QED) is 0.901. The van der Waals surface area contributed by atoms with E-state index in [0.29, 0.717) is 12.5 Å². The fourth-order valence-electron chi connectivity index (χ4n) is 3.83. The van der Waals surface area contributed by atoms with E-state index in [0.717, 1.165) is 25.0 Å². The predicted molar refractivity (Wildman–Crippen MR) is 90.0 cm³/mol. The number of carbonyl (C=O) groups is 1. The van der Waals surface area contributed by atoms with Crippen LogP contribution in [0.1, 0.15) is 37.9 Å². The number of hydrogen-bond acceptors (Lipinski definition) is 3. The summed E-state index contributed by atoms with van der Waals surface area (Å²) in [4.78, 5) is 20.8. The molecule has 0 bridgehead atoms. The fourth-order valence-corrected chi connectivity index (χ4v) is 3.83. The summed E-state index contributed by atoms with van der Waals surface area (Å²) in [6.45, 7) is 3.67. The number of aromatic nitrogens is 2. The minimum absolute atomic E-state index is 0.00711. The Morgan fingerprint density at radius 1 is 1.39 bits per heavy atom. The molecular formula is C17H29N5O.